The SMILES string of the molecule is O=C(O)C1CCN(c2ccnc(N3CCc4ccccc4C3)n2)CC1. The molecule has 2 aliphatic heterocycles. The molecular weight excluding hydrogens is 316 g/mol. The summed E-state index contributed by atoms with van der Waals surface area (Å²) in [7, 11) is 0. The first-order valence-corrected chi connectivity index (χ1v) is 8.83. The van der Waals surface area contributed by atoms with Crippen molar-refractivity contribution in [2.45, 2.75) is 25.8 Å². The first kappa shape index (κ1) is 15.9. The molecule has 1 N–H and O–H groups in total. The summed E-state index contributed by atoms with van der Waals surface area (Å²) in [6, 6.07) is 10.4. The molecule has 4 rings (SSSR count). The second-order valence-electron chi connectivity index (χ2n) is 6.75. The highest BCUT2D eigenvalue weighted by Crippen LogP contribution is 2.25. The van der Waals surface area contributed by atoms with E-state index in [1.807, 2.05) is 12.3 Å². The molecule has 6 heteroatoms. The summed E-state index contributed by atoms with van der Waals surface area (Å²) in [6.45, 7) is 3.22. The number of rotatable bonds is 3. The highest BCUT2D eigenvalue weighted by atomic mass is 16.4. The van der Waals surface area contributed by atoms with Crippen molar-refractivity contribution in [1.82, 2.24) is 9.97 Å². The fraction of sp³-hybridized carbons (Fsp3) is 0.421. The van der Waals surface area contributed by atoms with Crippen LogP contribution in [0.15, 0.2) is 36.5 Å². The third-order valence-electron chi connectivity index (χ3n) is 5.21. The Morgan fingerprint density at radius 3 is 2.56 bits per heavy atom. The smallest absolute Gasteiger partial charge is 0.306 e. The molecule has 0 atom stereocenters. The zero-order valence-electron chi connectivity index (χ0n) is 14.1. The Bertz CT molecular complexity index is 772. The molecule has 2 aliphatic rings. The molecule has 3 heterocycles. The van der Waals surface area contributed by atoms with Crippen molar-refractivity contribution in [3.05, 3.63) is 47.7 Å². The molecule has 0 saturated carbocycles. The Kier molecular flexibility index (Phi) is 4.26. The van der Waals surface area contributed by atoms with Crippen molar-refractivity contribution in [3.8, 4) is 0 Å². The molecule has 0 spiro atoms. The number of piperidine rings is 1. The molecule has 1 fully saturated rings. The van der Waals surface area contributed by atoms with Gasteiger partial charge in [0.05, 0.1) is 5.92 Å². The quantitative estimate of drug-likeness (QED) is 0.926. The number of fused-ring (bicyclic) bond motifs is 1. The van der Waals surface area contributed by atoms with E-state index in [2.05, 4.69) is 39.0 Å². The summed E-state index contributed by atoms with van der Waals surface area (Å²) in [4.78, 5) is 24.7. The Morgan fingerprint density at radius 2 is 1.80 bits per heavy atom. The van der Waals surface area contributed by atoms with Crippen LogP contribution in [-0.2, 0) is 17.8 Å². The average Bonchev–Trinajstić information content (AvgIpc) is 2.68. The number of benzene rings is 1. The van der Waals surface area contributed by atoms with E-state index in [-0.39, 0.29) is 5.92 Å². The fourth-order valence-electron chi connectivity index (χ4n) is 3.69. The highest BCUT2D eigenvalue weighted by Gasteiger charge is 2.26. The number of hydrogen-bond donors (Lipinski definition) is 1. The van der Waals surface area contributed by atoms with Crippen LogP contribution < -0.4 is 9.80 Å². The molecule has 0 amide bonds. The van der Waals surface area contributed by atoms with Gasteiger partial charge < -0.3 is 14.9 Å². The minimum Gasteiger partial charge on any atom is -0.481 e. The van der Waals surface area contributed by atoms with E-state index in [0.717, 1.165) is 44.4 Å². The van der Waals surface area contributed by atoms with E-state index in [4.69, 9.17) is 10.1 Å². The van der Waals surface area contributed by atoms with Crippen LogP contribution >= 0.6 is 0 Å². The molecule has 2 aromatic rings. The molecule has 0 unspecified atom stereocenters. The van der Waals surface area contributed by atoms with Gasteiger partial charge in [0.1, 0.15) is 5.82 Å². The van der Waals surface area contributed by atoms with Gasteiger partial charge in [-0.3, -0.25) is 4.79 Å². The fourth-order valence-corrected chi connectivity index (χ4v) is 3.69. The second kappa shape index (κ2) is 6.70. The number of carbonyl (C=O) groups is 1. The van der Waals surface area contributed by atoms with Crippen LogP contribution in [0, 0.1) is 5.92 Å². The zero-order valence-corrected chi connectivity index (χ0v) is 14.1. The topological polar surface area (TPSA) is 69.6 Å². The maximum atomic E-state index is 11.1. The van der Waals surface area contributed by atoms with Gasteiger partial charge in [-0.2, -0.15) is 4.98 Å². The number of carboxylic acid groups (broad SMARTS) is 1. The number of nitrogens with zero attached hydrogens (tertiary/aromatic N) is 4. The van der Waals surface area contributed by atoms with Crippen LogP contribution in [-0.4, -0.2) is 40.7 Å². The summed E-state index contributed by atoms with van der Waals surface area (Å²) < 4.78 is 0. The third kappa shape index (κ3) is 3.29. The Labute approximate surface area is 147 Å². The minimum absolute atomic E-state index is 0.226. The predicted molar refractivity (Wildman–Crippen MR) is 95.8 cm³/mol. The lowest BCUT2D eigenvalue weighted by atomic mass is 9.97. The lowest BCUT2D eigenvalue weighted by Crippen LogP contribution is -2.37. The summed E-state index contributed by atoms with van der Waals surface area (Å²) in [6.07, 6.45) is 4.16. The molecule has 25 heavy (non-hydrogen) atoms. The maximum absolute atomic E-state index is 11.1. The number of carboxylic acids is 1. The van der Waals surface area contributed by atoms with Crippen LogP contribution in [0.4, 0.5) is 11.8 Å². The van der Waals surface area contributed by atoms with E-state index in [1.165, 1.54) is 11.1 Å². The second-order valence-corrected chi connectivity index (χ2v) is 6.75. The van der Waals surface area contributed by atoms with Crippen molar-refractivity contribution in [2.24, 2.45) is 5.92 Å². The molecule has 1 aromatic heterocycles. The summed E-state index contributed by atoms with van der Waals surface area (Å²) in [5.74, 6) is 0.742. The zero-order chi connectivity index (χ0) is 17.2. The monoisotopic (exact) mass is 338 g/mol. The molecule has 6 nitrogen and oxygen atoms in total. The van der Waals surface area contributed by atoms with Crippen LogP contribution in [0.1, 0.15) is 24.0 Å². The van der Waals surface area contributed by atoms with Crippen LogP contribution in [0.3, 0.4) is 0 Å². The average molecular weight is 338 g/mol. The van der Waals surface area contributed by atoms with Gasteiger partial charge in [0, 0.05) is 32.4 Å². The van der Waals surface area contributed by atoms with E-state index >= 15 is 0 Å². The lowest BCUT2D eigenvalue weighted by Gasteiger charge is -2.32. The van der Waals surface area contributed by atoms with E-state index in [1.54, 1.807) is 0 Å². The number of aromatic nitrogens is 2. The van der Waals surface area contributed by atoms with E-state index in [0.29, 0.717) is 12.8 Å². The highest BCUT2D eigenvalue weighted by molar-refractivity contribution is 5.70. The van der Waals surface area contributed by atoms with Gasteiger partial charge in [0.25, 0.3) is 0 Å². The lowest BCUT2D eigenvalue weighted by molar-refractivity contribution is -0.142. The van der Waals surface area contributed by atoms with Gasteiger partial charge in [-0.15, -0.1) is 0 Å². The first-order valence-electron chi connectivity index (χ1n) is 8.83. The van der Waals surface area contributed by atoms with Crippen molar-refractivity contribution in [1.29, 1.82) is 0 Å². The first-order chi connectivity index (χ1) is 12.2. The van der Waals surface area contributed by atoms with Crippen molar-refractivity contribution in [2.75, 3.05) is 29.4 Å². The van der Waals surface area contributed by atoms with Gasteiger partial charge in [0.2, 0.25) is 5.95 Å². The molecule has 130 valence electrons. The Hall–Kier alpha value is -2.63. The van der Waals surface area contributed by atoms with E-state index in [9.17, 15) is 4.79 Å². The standard InChI is InChI=1S/C19H22N4O2/c24-18(25)15-7-10-22(11-8-15)17-5-9-20-19(21-17)23-12-6-14-3-1-2-4-16(14)13-23/h1-5,9,15H,6-8,10-13H2,(H,24,25). The Morgan fingerprint density at radius 1 is 1.04 bits per heavy atom. The van der Waals surface area contributed by atoms with Crippen molar-refractivity contribution >= 4 is 17.7 Å². The summed E-state index contributed by atoms with van der Waals surface area (Å²) >= 11 is 0. The predicted octanol–water partition coefficient (Wildman–Crippen LogP) is 2.34. The minimum atomic E-state index is -0.685. The van der Waals surface area contributed by atoms with Gasteiger partial charge >= 0.3 is 5.97 Å². The maximum Gasteiger partial charge on any atom is 0.306 e. The van der Waals surface area contributed by atoms with Gasteiger partial charge in [-0.05, 0) is 36.5 Å². The van der Waals surface area contributed by atoms with Crippen molar-refractivity contribution < 1.29 is 9.90 Å². The van der Waals surface area contributed by atoms with Crippen LogP contribution in [0.5, 0.6) is 0 Å². The normalized spacial score (nSPS) is 18.1. The number of aliphatic carboxylic acids is 1. The number of hydrogen-bond acceptors (Lipinski definition) is 5. The molecule has 1 saturated heterocycles. The summed E-state index contributed by atoms with van der Waals surface area (Å²) in [5, 5.41) is 9.14. The molecule has 1 aromatic carbocycles. The van der Waals surface area contributed by atoms with E-state index < -0.39 is 5.97 Å². The largest absolute Gasteiger partial charge is 0.481 e. The molecule has 0 bridgehead atoms. The molecular formula is C19H22N4O2. The van der Waals surface area contributed by atoms with Gasteiger partial charge in [-0.1, -0.05) is 24.3 Å². The van der Waals surface area contributed by atoms with Crippen molar-refractivity contribution in [3.63, 3.8) is 0 Å². The van der Waals surface area contributed by atoms with Crippen LogP contribution in [0.25, 0.3) is 0 Å². The summed E-state index contributed by atoms with van der Waals surface area (Å²) in [5.41, 5.74) is 2.75. The molecule has 0 aliphatic carbocycles. The van der Waals surface area contributed by atoms with Gasteiger partial charge in [0.15, 0.2) is 0 Å². The molecule has 0 radical (unpaired) electrons. The number of anilines is 2. The Balaban J connectivity index is 1.48. The van der Waals surface area contributed by atoms with Gasteiger partial charge in [-0.25, -0.2) is 4.98 Å². The van der Waals surface area contributed by atoms with Crippen LogP contribution in [0.2, 0.25) is 0 Å². The third-order valence-corrected chi connectivity index (χ3v) is 5.21.